The van der Waals surface area contributed by atoms with Crippen LogP contribution in [-0.2, 0) is 0 Å². The molecule has 0 atom stereocenters. The van der Waals surface area contributed by atoms with Gasteiger partial charge in [0, 0.05) is 20.1 Å². The van der Waals surface area contributed by atoms with Crippen molar-refractivity contribution in [2.75, 3.05) is 0 Å². The van der Waals surface area contributed by atoms with Gasteiger partial charge >= 0.3 is 0 Å². The molecule has 1 aromatic carbocycles. The zero-order chi connectivity index (χ0) is 13.1. The SMILES string of the molecule is CCC1CCC(C(=O)c2cc(Cl)ccc2I)CC1. The molecule has 0 spiro atoms. The molecular formula is C15H18ClIO. The zero-order valence-electron chi connectivity index (χ0n) is 10.6. The third kappa shape index (κ3) is 3.27. The van der Waals surface area contributed by atoms with Crippen LogP contribution in [0.3, 0.4) is 0 Å². The minimum absolute atomic E-state index is 0.208. The lowest BCUT2D eigenvalue weighted by atomic mass is 9.78. The van der Waals surface area contributed by atoms with Crippen LogP contribution in [0.1, 0.15) is 49.4 Å². The van der Waals surface area contributed by atoms with Crippen LogP contribution in [0.2, 0.25) is 5.02 Å². The summed E-state index contributed by atoms with van der Waals surface area (Å²) in [6.07, 6.45) is 5.73. The summed E-state index contributed by atoms with van der Waals surface area (Å²) in [7, 11) is 0. The highest BCUT2D eigenvalue weighted by Gasteiger charge is 2.27. The number of carbonyl (C=O) groups is 1. The smallest absolute Gasteiger partial charge is 0.167 e. The summed E-state index contributed by atoms with van der Waals surface area (Å²) >= 11 is 8.21. The minimum atomic E-state index is 0.208. The molecule has 1 aliphatic rings. The predicted octanol–water partition coefficient (Wildman–Crippen LogP) is 5.34. The van der Waals surface area contributed by atoms with Gasteiger partial charge in [0.1, 0.15) is 0 Å². The van der Waals surface area contributed by atoms with Crippen molar-refractivity contribution >= 4 is 40.0 Å². The quantitative estimate of drug-likeness (QED) is 0.514. The van der Waals surface area contributed by atoms with E-state index < -0.39 is 0 Å². The maximum Gasteiger partial charge on any atom is 0.167 e. The van der Waals surface area contributed by atoms with Crippen molar-refractivity contribution in [1.29, 1.82) is 0 Å². The van der Waals surface area contributed by atoms with E-state index in [1.165, 1.54) is 19.3 Å². The van der Waals surface area contributed by atoms with Crippen LogP contribution in [0.25, 0.3) is 0 Å². The summed E-state index contributed by atoms with van der Waals surface area (Å²) in [4.78, 5) is 12.5. The molecule has 1 saturated carbocycles. The monoisotopic (exact) mass is 376 g/mol. The average molecular weight is 377 g/mol. The molecule has 3 heteroatoms. The normalized spacial score (nSPS) is 23.9. The van der Waals surface area contributed by atoms with E-state index in [-0.39, 0.29) is 11.7 Å². The second kappa shape index (κ2) is 6.38. The molecule has 0 N–H and O–H groups in total. The maximum absolute atomic E-state index is 12.5. The number of benzene rings is 1. The molecule has 0 bridgehead atoms. The topological polar surface area (TPSA) is 17.1 Å². The van der Waals surface area contributed by atoms with Crippen molar-refractivity contribution in [3.8, 4) is 0 Å². The van der Waals surface area contributed by atoms with Crippen LogP contribution in [0.4, 0.5) is 0 Å². The molecule has 2 rings (SSSR count). The molecule has 1 aromatic rings. The van der Waals surface area contributed by atoms with Crippen molar-refractivity contribution in [2.45, 2.75) is 39.0 Å². The van der Waals surface area contributed by atoms with Gasteiger partial charge in [-0.1, -0.05) is 24.9 Å². The number of ketones is 1. The lowest BCUT2D eigenvalue weighted by Crippen LogP contribution is -2.22. The van der Waals surface area contributed by atoms with Crippen LogP contribution < -0.4 is 0 Å². The van der Waals surface area contributed by atoms with Gasteiger partial charge in [0.15, 0.2) is 5.78 Å². The van der Waals surface area contributed by atoms with Crippen LogP contribution in [-0.4, -0.2) is 5.78 Å². The van der Waals surface area contributed by atoms with Gasteiger partial charge in [0.05, 0.1) is 0 Å². The van der Waals surface area contributed by atoms with E-state index in [9.17, 15) is 4.79 Å². The molecule has 1 fully saturated rings. The fraction of sp³-hybridized carbons (Fsp3) is 0.533. The fourth-order valence-corrected chi connectivity index (χ4v) is 3.51. The largest absolute Gasteiger partial charge is 0.294 e. The summed E-state index contributed by atoms with van der Waals surface area (Å²) in [5.74, 6) is 1.32. The molecule has 0 radical (unpaired) electrons. The highest BCUT2D eigenvalue weighted by Crippen LogP contribution is 2.33. The Morgan fingerprint density at radius 1 is 1.33 bits per heavy atom. The summed E-state index contributed by atoms with van der Waals surface area (Å²) in [6.45, 7) is 2.24. The Labute approximate surface area is 127 Å². The summed E-state index contributed by atoms with van der Waals surface area (Å²) in [5, 5.41) is 0.654. The van der Waals surface area contributed by atoms with Crippen molar-refractivity contribution in [2.24, 2.45) is 11.8 Å². The third-order valence-electron chi connectivity index (χ3n) is 3.99. The standard InChI is InChI=1S/C15H18ClIO/c1-2-10-3-5-11(6-4-10)15(18)13-9-12(16)7-8-14(13)17/h7-11H,2-6H2,1H3. The molecule has 0 amide bonds. The molecule has 0 saturated heterocycles. The first-order valence-corrected chi connectivity index (χ1v) is 8.06. The minimum Gasteiger partial charge on any atom is -0.294 e. The van der Waals surface area contributed by atoms with E-state index in [4.69, 9.17) is 11.6 Å². The van der Waals surface area contributed by atoms with Crippen molar-refractivity contribution in [3.05, 3.63) is 32.4 Å². The average Bonchev–Trinajstić information content (AvgIpc) is 2.41. The van der Waals surface area contributed by atoms with Gasteiger partial charge in [-0.2, -0.15) is 0 Å². The molecule has 98 valence electrons. The Balaban J connectivity index is 2.10. The van der Waals surface area contributed by atoms with Gasteiger partial charge in [0.2, 0.25) is 0 Å². The molecule has 1 nitrogen and oxygen atoms in total. The molecule has 0 unspecified atom stereocenters. The molecule has 18 heavy (non-hydrogen) atoms. The van der Waals surface area contributed by atoms with Crippen molar-refractivity contribution in [1.82, 2.24) is 0 Å². The Morgan fingerprint density at radius 3 is 2.61 bits per heavy atom. The van der Waals surface area contributed by atoms with Crippen LogP contribution in [0.15, 0.2) is 18.2 Å². The van der Waals surface area contributed by atoms with Gasteiger partial charge in [0.25, 0.3) is 0 Å². The molecular weight excluding hydrogens is 359 g/mol. The Kier molecular flexibility index (Phi) is 5.07. The Bertz CT molecular complexity index is 436. The van der Waals surface area contributed by atoms with Crippen LogP contribution in [0.5, 0.6) is 0 Å². The van der Waals surface area contributed by atoms with Crippen molar-refractivity contribution < 1.29 is 4.79 Å². The maximum atomic E-state index is 12.5. The first kappa shape index (κ1) is 14.3. The van der Waals surface area contributed by atoms with Crippen LogP contribution in [0, 0.1) is 15.4 Å². The summed E-state index contributed by atoms with van der Waals surface area (Å²) < 4.78 is 1.01. The van der Waals surface area contributed by atoms with E-state index in [2.05, 4.69) is 29.5 Å². The second-order valence-corrected chi connectivity index (χ2v) is 6.71. The van der Waals surface area contributed by atoms with Gasteiger partial charge in [-0.15, -0.1) is 0 Å². The highest BCUT2D eigenvalue weighted by molar-refractivity contribution is 14.1. The first-order valence-electron chi connectivity index (χ1n) is 6.61. The van der Waals surface area contributed by atoms with E-state index >= 15 is 0 Å². The van der Waals surface area contributed by atoms with E-state index in [1.807, 2.05) is 18.2 Å². The summed E-state index contributed by atoms with van der Waals surface area (Å²) in [5.41, 5.74) is 0.808. The van der Waals surface area contributed by atoms with Gasteiger partial charge in [-0.25, -0.2) is 0 Å². The lowest BCUT2D eigenvalue weighted by molar-refractivity contribution is 0.0870. The number of rotatable bonds is 3. The fourth-order valence-electron chi connectivity index (χ4n) is 2.74. The zero-order valence-corrected chi connectivity index (χ0v) is 13.5. The third-order valence-corrected chi connectivity index (χ3v) is 5.16. The van der Waals surface area contributed by atoms with E-state index in [1.54, 1.807) is 0 Å². The van der Waals surface area contributed by atoms with Crippen molar-refractivity contribution in [3.63, 3.8) is 0 Å². The number of hydrogen-bond acceptors (Lipinski definition) is 1. The Hall–Kier alpha value is -0.0900. The van der Waals surface area contributed by atoms with E-state index in [0.29, 0.717) is 5.02 Å². The predicted molar refractivity (Wildman–Crippen MR) is 84.2 cm³/mol. The molecule has 1 aliphatic carbocycles. The number of Topliss-reactive ketones (excluding diaryl/α,β-unsaturated/α-hetero) is 1. The lowest BCUT2D eigenvalue weighted by Gasteiger charge is -2.27. The number of halogens is 2. The van der Waals surface area contributed by atoms with Crippen LogP contribution >= 0.6 is 34.2 Å². The number of hydrogen-bond donors (Lipinski definition) is 0. The molecule has 0 heterocycles. The number of carbonyl (C=O) groups excluding carboxylic acids is 1. The Morgan fingerprint density at radius 2 is 2.00 bits per heavy atom. The first-order chi connectivity index (χ1) is 8.61. The highest BCUT2D eigenvalue weighted by atomic mass is 127. The van der Waals surface area contributed by atoms with Gasteiger partial charge in [-0.3, -0.25) is 4.79 Å². The van der Waals surface area contributed by atoms with Gasteiger partial charge < -0.3 is 0 Å². The molecule has 0 aliphatic heterocycles. The molecule has 0 aromatic heterocycles. The van der Waals surface area contributed by atoms with Gasteiger partial charge in [-0.05, 0) is 72.4 Å². The second-order valence-electron chi connectivity index (χ2n) is 5.11. The summed E-state index contributed by atoms with van der Waals surface area (Å²) in [6, 6.07) is 5.58. The van der Waals surface area contributed by atoms with E-state index in [0.717, 1.165) is 27.9 Å².